The Bertz CT molecular complexity index is 117. The van der Waals surface area contributed by atoms with Crippen molar-refractivity contribution in [2.45, 2.75) is 46.0 Å². The Hall–Kier alpha value is -1.06. The fraction of sp³-hybridized carbons (Fsp3) is 0.800. The Morgan fingerprint density at radius 3 is 1.31 bits per heavy atom. The summed E-state index contributed by atoms with van der Waals surface area (Å²) >= 11 is 0. The van der Waals surface area contributed by atoms with E-state index in [1.165, 1.54) is 6.42 Å². The molecule has 3 heteroatoms. The van der Waals surface area contributed by atoms with Gasteiger partial charge in [-0.05, 0) is 12.8 Å². The number of nitrogens with zero attached hydrogens (tertiary/aromatic N) is 2. The SMILES string of the molecule is CCC.CO.N#CCCCCC#N. The van der Waals surface area contributed by atoms with Crippen LogP contribution >= 0.6 is 0 Å². The van der Waals surface area contributed by atoms with Crippen LogP contribution in [0.5, 0.6) is 0 Å². The van der Waals surface area contributed by atoms with Gasteiger partial charge in [-0.2, -0.15) is 10.5 Å². The Kier molecular flexibility index (Phi) is 42.1. The molecule has 0 unspecified atom stereocenters. The Morgan fingerprint density at radius 1 is 0.923 bits per heavy atom. The summed E-state index contributed by atoms with van der Waals surface area (Å²) in [5.74, 6) is 0. The molecule has 0 heterocycles. The van der Waals surface area contributed by atoms with Gasteiger partial charge in [0.1, 0.15) is 0 Å². The number of nitriles is 2. The smallest absolute Gasteiger partial charge is 0.0621 e. The summed E-state index contributed by atoms with van der Waals surface area (Å²) < 4.78 is 0. The molecular formula is C10H20N2O. The summed E-state index contributed by atoms with van der Waals surface area (Å²) in [6, 6.07) is 4.03. The van der Waals surface area contributed by atoms with Crippen LogP contribution in [0.25, 0.3) is 0 Å². The Balaban J connectivity index is -0.000000169. The number of aliphatic hydroxyl groups excluding tert-OH is 1. The highest BCUT2D eigenvalue weighted by molar-refractivity contribution is 4.72. The molecule has 0 fully saturated rings. The summed E-state index contributed by atoms with van der Waals surface area (Å²) in [6.07, 6.45) is 4.15. The van der Waals surface area contributed by atoms with Gasteiger partial charge in [0.25, 0.3) is 0 Å². The van der Waals surface area contributed by atoms with Crippen LogP contribution in [0.1, 0.15) is 46.0 Å². The van der Waals surface area contributed by atoms with Crippen LogP contribution < -0.4 is 0 Å². The van der Waals surface area contributed by atoms with Crippen LogP contribution in [0.4, 0.5) is 0 Å². The highest BCUT2D eigenvalue weighted by Gasteiger charge is 1.83. The number of hydrogen-bond acceptors (Lipinski definition) is 3. The van der Waals surface area contributed by atoms with E-state index >= 15 is 0 Å². The summed E-state index contributed by atoms with van der Waals surface area (Å²) in [5, 5.41) is 23.1. The maximum atomic E-state index is 8.03. The maximum absolute atomic E-state index is 8.03. The standard InChI is InChI=1S/C6H8N2.C3H8.CH4O/c7-5-3-1-2-4-6-8;1-3-2;1-2/h1-4H2;3H2,1-2H3;2H,1H3. The third kappa shape index (κ3) is 56.3. The van der Waals surface area contributed by atoms with E-state index in [-0.39, 0.29) is 0 Å². The van der Waals surface area contributed by atoms with E-state index in [1.54, 1.807) is 0 Å². The van der Waals surface area contributed by atoms with Crippen molar-refractivity contribution in [1.82, 2.24) is 0 Å². The van der Waals surface area contributed by atoms with Crippen molar-refractivity contribution < 1.29 is 5.11 Å². The molecule has 0 saturated heterocycles. The highest BCUT2D eigenvalue weighted by Crippen LogP contribution is 1.95. The average molecular weight is 184 g/mol. The van der Waals surface area contributed by atoms with Crippen LogP contribution in [0, 0.1) is 22.7 Å². The largest absolute Gasteiger partial charge is 0.400 e. The summed E-state index contributed by atoms with van der Waals surface area (Å²) in [4.78, 5) is 0. The molecule has 1 N–H and O–H groups in total. The van der Waals surface area contributed by atoms with E-state index < -0.39 is 0 Å². The normalized spacial score (nSPS) is 6.31. The molecule has 0 spiro atoms. The number of rotatable bonds is 3. The lowest BCUT2D eigenvalue weighted by atomic mass is 10.2. The zero-order chi connectivity index (χ0) is 10.9. The van der Waals surface area contributed by atoms with Crippen molar-refractivity contribution in [3.63, 3.8) is 0 Å². The minimum atomic E-state index is 0.585. The molecule has 76 valence electrons. The molecule has 0 aromatic carbocycles. The fourth-order valence-electron chi connectivity index (χ4n) is 0.408. The van der Waals surface area contributed by atoms with Gasteiger partial charge in [0.15, 0.2) is 0 Å². The van der Waals surface area contributed by atoms with Gasteiger partial charge in [-0.15, -0.1) is 0 Å². The van der Waals surface area contributed by atoms with Crippen molar-refractivity contribution in [2.24, 2.45) is 0 Å². The zero-order valence-corrected chi connectivity index (χ0v) is 8.88. The molecule has 0 aliphatic rings. The topological polar surface area (TPSA) is 67.8 Å². The minimum absolute atomic E-state index is 0.585. The molecule has 0 aliphatic carbocycles. The molecule has 0 aromatic heterocycles. The van der Waals surface area contributed by atoms with Gasteiger partial charge in [0.2, 0.25) is 0 Å². The molecule has 0 aromatic rings. The lowest BCUT2D eigenvalue weighted by Crippen LogP contribution is -1.70. The molecule has 13 heavy (non-hydrogen) atoms. The van der Waals surface area contributed by atoms with Crippen molar-refractivity contribution in [3.8, 4) is 12.1 Å². The number of aliphatic hydroxyl groups is 1. The molecule has 0 rings (SSSR count). The first-order valence-electron chi connectivity index (χ1n) is 4.52. The third-order valence-electron chi connectivity index (χ3n) is 0.827. The Labute approximate surface area is 81.6 Å². The van der Waals surface area contributed by atoms with E-state index in [0.717, 1.165) is 20.0 Å². The molecule has 0 amide bonds. The van der Waals surface area contributed by atoms with E-state index in [9.17, 15) is 0 Å². The van der Waals surface area contributed by atoms with Crippen LogP contribution in [0.2, 0.25) is 0 Å². The van der Waals surface area contributed by atoms with Gasteiger partial charge in [-0.3, -0.25) is 0 Å². The molecule has 3 nitrogen and oxygen atoms in total. The molecule has 0 aliphatic heterocycles. The summed E-state index contributed by atoms with van der Waals surface area (Å²) in [6.45, 7) is 4.25. The first-order chi connectivity index (χ1) is 6.33. The highest BCUT2D eigenvalue weighted by atomic mass is 16.2. The first kappa shape index (κ1) is 17.9. The monoisotopic (exact) mass is 184 g/mol. The van der Waals surface area contributed by atoms with E-state index in [2.05, 4.69) is 13.8 Å². The Morgan fingerprint density at radius 2 is 1.15 bits per heavy atom. The zero-order valence-electron chi connectivity index (χ0n) is 8.88. The van der Waals surface area contributed by atoms with Crippen LogP contribution in [0.3, 0.4) is 0 Å². The molecule has 0 radical (unpaired) electrons. The molecule has 0 saturated carbocycles. The summed E-state index contributed by atoms with van der Waals surface area (Å²) in [7, 11) is 1.00. The van der Waals surface area contributed by atoms with Crippen molar-refractivity contribution >= 4 is 0 Å². The lowest BCUT2D eigenvalue weighted by Gasteiger charge is -1.83. The molecular weight excluding hydrogens is 164 g/mol. The number of unbranched alkanes of at least 4 members (excludes halogenated alkanes) is 3. The van der Waals surface area contributed by atoms with Gasteiger partial charge in [0.05, 0.1) is 12.1 Å². The van der Waals surface area contributed by atoms with Gasteiger partial charge >= 0.3 is 0 Å². The van der Waals surface area contributed by atoms with Crippen molar-refractivity contribution in [2.75, 3.05) is 7.11 Å². The minimum Gasteiger partial charge on any atom is -0.400 e. The molecule has 0 bridgehead atoms. The van der Waals surface area contributed by atoms with Crippen molar-refractivity contribution in [1.29, 1.82) is 10.5 Å². The molecule has 0 atom stereocenters. The van der Waals surface area contributed by atoms with Gasteiger partial charge in [-0.1, -0.05) is 20.3 Å². The predicted octanol–water partition coefficient (Wildman–Crippen LogP) is 2.62. The maximum Gasteiger partial charge on any atom is 0.0621 e. The van der Waals surface area contributed by atoms with Gasteiger partial charge < -0.3 is 5.11 Å². The van der Waals surface area contributed by atoms with E-state index in [4.69, 9.17) is 15.6 Å². The predicted molar refractivity (Wildman–Crippen MR) is 53.8 cm³/mol. The lowest BCUT2D eigenvalue weighted by molar-refractivity contribution is 0.399. The van der Waals surface area contributed by atoms with Crippen molar-refractivity contribution in [3.05, 3.63) is 0 Å². The van der Waals surface area contributed by atoms with Gasteiger partial charge in [-0.25, -0.2) is 0 Å². The summed E-state index contributed by atoms with van der Waals surface area (Å²) in [5.41, 5.74) is 0. The third-order valence-corrected chi connectivity index (χ3v) is 0.827. The quantitative estimate of drug-likeness (QED) is 0.685. The van der Waals surface area contributed by atoms with Crippen LogP contribution in [-0.4, -0.2) is 12.2 Å². The van der Waals surface area contributed by atoms with E-state index in [1.807, 2.05) is 12.1 Å². The average Bonchev–Trinajstić information content (AvgIpc) is 2.17. The number of hydrogen-bond donors (Lipinski definition) is 1. The second kappa shape index (κ2) is 30.6. The first-order valence-corrected chi connectivity index (χ1v) is 4.52. The second-order valence-corrected chi connectivity index (χ2v) is 2.23. The van der Waals surface area contributed by atoms with E-state index in [0.29, 0.717) is 12.8 Å². The van der Waals surface area contributed by atoms with Crippen LogP contribution in [-0.2, 0) is 0 Å². The fourth-order valence-corrected chi connectivity index (χ4v) is 0.408. The second-order valence-electron chi connectivity index (χ2n) is 2.23. The van der Waals surface area contributed by atoms with Gasteiger partial charge in [0, 0.05) is 20.0 Å². The van der Waals surface area contributed by atoms with Crippen LogP contribution in [0.15, 0.2) is 0 Å².